The van der Waals surface area contributed by atoms with Crippen molar-refractivity contribution in [1.82, 2.24) is 14.7 Å². The average Bonchev–Trinajstić information content (AvgIpc) is 2.92. The molecule has 0 N–H and O–H groups in total. The highest BCUT2D eigenvalue weighted by atomic mass is 16.5. The fourth-order valence-corrected chi connectivity index (χ4v) is 6.85. The van der Waals surface area contributed by atoms with Crippen LogP contribution in [0.15, 0.2) is 24.3 Å². The Kier molecular flexibility index (Phi) is 5.04. The Morgan fingerprint density at radius 1 is 0.968 bits per heavy atom. The molecule has 7 heteroatoms. The van der Waals surface area contributed by atoms with Crippen molar-refractivity contribution in [2.75, 3.05) is 20.3 Å². The molecule has 1 aliphatic heterocycles. The summed E-state index contributed by atoms with van der Waals surface area (Å²) in [6, 6.07) is 7.36. The number of hydrogen-bond donors (Lipinski definition) is 0. The monoisotopic (exact) mass is 425 g/mol. The van der Waals surface area contributed by atoms with Crippen molar-refractivity contribution >= 4 is 17.8 Å². The first-order chi connectivity index (χ1) is 14.9. The fourth-order valence-electron chi connectivity index (χ4n) is 6.85. The van der Waals surface area contributed by atoms with Crippen LogP contribution in [0.25, 0.3) is 0 Å². The summed E-state index contributed by atoms with van der Waals surface area (Å²) in [4.78, 5) is 43.5. The maximum absolute atomic E-state index is 13.3. The van der Waals surface area contributed by atoms with Gasteiger partial charge in [0.1, 0.15) is 5.75 Å². The lowest BCUT2D eigenvalue weighted by atomic mass is 9.52. The van der Waals surface area contributed by atoms with Crippen LogP contribution in [-0.4, -0.2) is 58.4 Å². The van der Waals surface area contributed by atoms with E-state index in [1.54, 1.807) is 0 Å². The molecular weight excluding hydrogens is 394 g/mol. The molecule has 166 valence electrons. The number of carbonyl (C=O) groups excluding carboxylic acids is 3. The first-order valence-electron chi connectivity index (χ1n) is 11.5. The minimum absolute atomic E-state index is 0.111. The Morgan fingerprint density at radius 3 is 2.10 bits per heavy atom. The topological polar surface area (TPSA) is 70.2 Å². The van der Waals surface area contributed by atoms with Gasteiger partial charge in [0, 0.05) is 6.54 Å². The Bertz CT molecular complexity index is 861. The molecule has 4 aliphatic carbocycles. The highest BCUT2D eigenvalue weighted by Gasteiger charge is 2.61. The van der Waals surface area contributed by atoms with Crippen LogP contribution in [0, 0.1) is 17.8 Å². The lowest BCUT2D eigenvalue weighted by Crippen LogP contribution is -2.62. The van der Waals surface area contributed by atoms with Crippen LogP contribution in [0.4, 0.5) is 4.79 Å². The molecule has 6 rings (SSSR count). The molecule has 1 aromatic rings. The third-order valence-corrected chi connectivity index (χ3v) is 7.60. The number of rotatable bonds is 7. The first-order valence-corrected chi connectivity index (χ1v) is 11.5. The van der Waals surface area contributed by atoms with Gasteiger partial charge < -0.3 is 4.74 Å². The van der Waals surface area contributed by atoms with Gasteiger partial charge in [-0.2, -0.15) is 0 Å². The maximum atomic E-state index is 13.3. The second-order valence-electron chi connectivity index (χ2n) is 10.0. The van der Waals surface area contributed by atoms with Crippen LogP contribution in [0.2, 0.25) is 0 Å². The van der Waals surface area contributed by atoms with E-state index in [-0.39, 0.29) is 6.67 Å². The summed E-state index contributed by atoms with van der Waals surface area (Å²) in [6.07, 6.45) is 6.28. The normalized spacial score (nSPS) is 32.0. The summed E-state index contributed by atoms with van der Waals surface area (Å²) in [5.41, 5.74) is 0.621. The molecule has 0 spiro atoms. The molecule has 7 nitrogen and oxygen atoms in total. The molecule has 0 aromatic heterocycles. The first kappa shape index (κ1) is 20.5. The summed E-state index contributed by atoms with van der Waals surface area (Å²) in [7, 11) is 1.86. The van der Waals surface area contributed by atoms with Gasteiger partial charge in [-0.3, -0.25) is 14.5 Å². The SMILES string of the molecule is CCOc1ccc(CN(C)CN2C(=O)C(=O)N(C34CC5CC(CC(C5)C3)C4)C2=O)cc1. The Hall–Kier alpha value is -2.41. The third-order valence-electron chi connectivity index (χ3n) is 7.60. The number of imide groups is 2. The summed E-state index contributed by atoms with van der Waals surface area (Å²) >= 11 is 0. The molecule has 4 saturated carbocycles. The van der Waals surface area contributed by atoms with Crippen molar-refractivity contribution in [1.29, 1.82) is 0 Å². The third kappa shape index (κ3) is 3.53. The van der Waals surface area contributed by atoms with Gasteiger partial charge in [0.05, 0.1) is 18.8 Å². The molecule has 1 heterocycles. The lowest BCUT2D eigenvalue weighted by Gasteiger charge is -2.58. The van der Waals surface area contributed by atoms with Crippen molar-refractivity contribution in [3.05, 3.63) is 29.8 Å². The summed E-state index contributed by atoms with van der Waals surface area (Å²) < 4.78 is 5.47. The van der Waals surface area contributed by atoms with Gasteiger partial charge in [-0.15, -0.1) is 0 Å². The van der Waals surface area contributed by atoms with Gasteiger partial charge in [-0.25, -0.2) is 14.6 Å². The number of ether oxygens (including phenoxy) is 1. The van der Waals surface area contributed by atoms with Crippen LogP contribution in [-0.2, 0) is 16.1 Å². The number of urea groups is 1. The van der Waals surface area contributed by atoms with E-state index in [1.165, 1.54) is 24.2 Å². The second-order valence-corrected chi connectivity index (χ2v) is 10.0. The quantitative estimate of drug-likeness (QED) is 0.496. The molecule has 0 radical (unpaired) electrons. The molecular formula is C24H31N3O4. The number of benzene rings is 1. The van der Waals surface area contributed by atoms with Crippen LogP contribution in [0.3, 0.4) is 0 Å². The summed E-state index contributed by atoms with van der Waals surface area (Å²) in [5, 5.41) is 0. The minimum Gasteiger partial charge on any atom is -0.494 e. The van der Waals surface area contributed by atoms with Crippen molar-refractivity contribution < 1.29 is 19.1 Å². The second kappa shape index (κ2) is 7.62. The predicted molar refractivity (Wildman–Crippen MR) is 114 cm³/mol. The van der Waals surface area contributed by atoms with Crippen molar-refractivity contribution in [3.8, 4) is 5.75 Å². The van der Waals surface area contributed by atoms with E-state index in [0.29, 0.717) is 30.9 Å². The zero-order valence-electron chi connectivity index (χ0n) is 18.4. The predicted octanol–water partition coefficient (Wildman–Crippen LogP) is 3.23. The van der Waals surface area contributed by atoms with Crippen molar-refractivity contribution in [2.45, 2.75) is 57.5 Å². The van der Waals surface area contributed by atoms with Gasteiger partial charge >= 0.3 is 17.8 Å². The zero-order valence-corrected chi connectivity index (χ0v) is 18.4. The van der Waals surface area contributed by atoms with Gasteiger partial charge in [0.25, 0.3) is 0 Å². The largest absolute Gasteiger partial charge is 0.494 e. The lowest BCUT2D eigenvalue weighted by molar-refractivity contribution is -0.150. The molecule has 4 amide bonds. The Balaban J connectivity index is 1.28. The van der Waals surface area contributed by atoms with E-state index in [9.17, 15) is 14.4 Å². The summed E-state index contributed by atoms with van der Waals surface area (Å²) in [5.74, 6) is 1.30. The van der Waals surface area contributed by atoms with E-state index in [0.717, 1.165) is 35.5 Å². The highest BCUT2D eigenvalue weighted by Crippen LogP contribution is 2.58. The molecule has 5 aliphatic rings. The Labute approximate surface area is 183 Å². The van der Waals surface area contributed by atoms with E-state index in [1.807, 2.05) is 43.1 Å². The number of carbonyl (C=O) groups is 3. The number of amides is 4. The van der Waals surface area contributed by atoms with Crippen LogP contribution >= 0.6 is 0 Å². The van der Waals surface area contributed by atoms with E-state index in [2.05, 4.69) is 0 Å². The molecule has 31 heavy (non-hydrogen) atoms. The molecule has 4 bridgehead atoms. The van der Waals surface area contributed by atoms with Gasteiger partial charge in [-0.05, 0) is 87.9 Å². The van der Waals surface area contributed by atoms with Gasteiger partial charge in [0.15, 0.2) is 0 Å². The number of hydrogen-bond acceptors (Lipinski definition) is 5. The molecule has 1 saturated heterocycles. The van der Waals surface area contributed by atoms with Crippen molar-refractivity contribution in [2.24, 2.45) is 17.8 Å². The smallest absolute Gasteiger partial charge is 0.335 e. The minimum atomic E-state index is -0.681. The molecule has 0 atom stereocenters. The van der Waals surface area contributed by atoms with Crippen molar-refractivity contribution in [3.63, 3.8) is 0 Å². The molecule has 1 aromatic carbocycles. The molecule has 0 unspecified atom stereocenters. The van der Waals surface area contributed by atoms with Crippen LogP contribution < -0.4 is 4.74 Å². The van der Waals surface area contributed by atoms with Crippen LogP contribution in [0.1, 0.15) is 51.0 Å². The van der Waals surface area contributed by atoms with Crippen LogP contribution in [0.5, 0.6) is 5.75 Å². The average molecular weight is 426 g/mol. The standard InChI is InChI=1S/C24H31N3O4/c1-3-31-20-6-4-16(5-7-20)14-25(2)15-26-21(28)22(29)27(23(26)30)24-11-17-8-18(12-24)10-19(9-17)13-24/h4-7,17-19H,3,8-15H2,1-2H3. The van der Waals surface area contributed by atoms with E-state index < -0.39 is 23.4 Å². The maximum Gasteiger partial charge on any atom is 0.335 e. The Morgan fingerprint density at radius 2 is 1.55 bits per heavy atom. The number of nitrogens with zero attached hydrogens (tertiary/aromatic N) is 3. The van der Waals surface area contributed by atoms with Gasteiger partial charge in [0.2, 0.25) is 0 Å². The summed E-state index contributed by atoms with van der Waals surface area (Å²) in [6.45, 7) is 3.24. The van der Waals surface area contributed by atoms with E-state index >= 15 is 0 Å². The zero-order chi connectivity index (χ0) is 21.8. The fraction of sp³-hybridized carbons (Fsp3) is 0.625. The van der Waals surface area contributed by atoms with E-state index in [4.69, 9.17) is 4.74 Å². The van der Waals surface area contributed by atoms with Gasteiger partial charge in [-0.1, -0.05) is 12.1 Å². The highest BCUT2D eigenvalue weighted by molar-refractivity contribution is 6.44. The molecule has 5 fully saturated rings.